The fourth-order valence-corrected chi connectivity index (χ4v) is 2.72. The molecule has 1 aromatic heterocycles. The molecule has 0 amide bonds. The first kappa shape index (κ1) is 13.1. The highest BCUT2D eigenvalue weighted by molar-refractivity contribution is 5.70. The van der Waals surface area contributed by atoms with Gasteiger partial charge in [0.05, 0.1) is 12.0 Å². The summed E-state index contributed by atoms with van der Waals surface area (Å²) in [5.74, 6) is 1.24. The molecule has 0 saturated heterocycles. The summed E-state index contributed by atoms with van der Waals surface area (Å²) in [5.41, 5.74) is 0. The average Bonchev–Trinajstić information content (AvgIpc) is 2.94. The number of hydrogen-bond donors (Lipinski definition) is 2. The van der Waals surface area contributed by atoms with Gasteiger partial charge in [-0.3, -0.25) is 4.79 Å². The van der Waals surface area contributed by atoms with Gasteiger partial charge in [0.15, 0.2) is 0 Å². The lowest BCUT2D eigenvalue weighted by Crippen LogP contribution is -2.30. The van der Waals surface area contributed by atoms with Crippen LogP contribution in [0.3, 0.4) is 0 Å². The van der Waals surface area contributed by atoms with Crippen LogP contribution in [-0.2, 0) is 4.79 Å². The van der Waals surface area contributed by atoms with Crippen molar-refractivity contribution in [2.24, 2.45) is 11.8 Å². The van der Waals surface area contributed by atoms with Gasteiger partial charge in [-0.15, -0.1) is 0 Å². The lowest BCUT2D eigenvalue weighted by molar-refractivity contribution is -0.142. The summed E-state index contributed by atoms with van der Waals surface area (Å²) in [6, 6.07) is 4.05. The van der Waals surface area contributed by atoms with Crippen molar-refractivity contribution in [1.29, 1.82) is 0 Å². The highest BCUT2D eigenvalue weighted by Gasteiger charge is 2.32. The third kappa shape index (κ3) is 2.93. The van der Waals surface area contributed by atoms with Crippen LogP contribution in [0.15, 0.2) is 16.5 Å². The molecule has 1 heterocycles. The summed E-state index contributed by atoms with van der Waals surface area (Å²) in [7, 11) is 0. The Hall–Kier alpha value is -1.29. The van der Waals surface area contributed by atoms with Crippen LogP contribution in [0.4, 0.5) is 0 Å². The molecule has 1 aliphatic carbocycles. The molecule has 18 heavy (non-hydrogen) atoms. The van der Waals surface area contributed by atoms with Gasteiger partial charge in [-0.1, -0.05) is 6.42 Å². The van der Waals surface area contributed by atoms with Gasteiger partial charge >= 0.3 is 5.97 Å². The number of aryl methyl sites for hydroxylation is 1. The van der Waals surface area contributed by atoms with Gasteiger partial charge in [-0.2, -0.15) is 0 Å². The third-order valence-corrected chi connectivity index (χ3v) is 3.85. The zero-order valence-electron chi connectivity index (χ0n) is 11.0. The lowest BCUT2D eigenvalue weighted by Gasteiger charge is -2.19. The number of aliphatic carboxylic acids is 1. The van der Waals surface area contributed by atoms with E-state index in [1.54, 1.807) is 0 Å². The molecule has 0 spiro atoms. The van der Waals surface area contributed by atoms with Crippen molar-refractivity contribution in [2.45, 2.75) is 39.2 Å². The van der Waals surface area contributed by atoms with Crippen LogP contribution >= 0.6 is 0 Å². The molecule has 0 aromatic carbocycles. The minimum absolute atomic E-state index is 0.133. The molecule has 4 heteroatoms. The van der Waals surface area contributed by atoms with Gasteiger partial charge in [0, 0.05) is 0 Å². The molecule has 2 rings (SSSR count). The van der Waals surface area contributed by atoms with Gasteiger partial charge < -0.3 is 14.8 Å². The topological polar surface area (TPSA) is 62.5 Å². The van der Waals surface area contributed by atoms with E-state index in [0.29, 0.717) is 0 Å². The molecule has 3 unspecified atom stereocenters. The van der Waals surface area contributed by atoms with Crippen molar-refractivity contribution in [2.75, 3.05) is 6.54 Å². The molecule has 1 fully saturated rings. The minimum atomic E-state index is -0.652. The quantitative estimate of drug-likeness (QED) is 0.844. The van der Waals surface area contributed by atoms with E-state index in [9.17, 15) is 4.79 Å². The van der Waals surface area contributed by atoms with Gasteiger partial charge in [-0.25, -0.2) is 0 Å². The molecule has 0 aliphatic heterocycles. The molecule has 3 atom stereocenters. The maximum absolute atomic E-state index is 11.1. The van der Waals surface area contributed by atoms with Crippen molar-refractivity contribution in [3.8, 4) is 0 Å². The molecule has 1 aromatic rings. The van der Waals surface area contributed by atoms with Crippen LogP contribution in [0.5, 0.6) is 0 Å². The number of hydrogen-bond acceptors (Lipinski definition) is 3. The van der Waals surface area contributed by atoms with E-state index >= 15 is 0 Å². The number of rotatable bonds is 5. The fourth-order valence-electron chi connectivity index (χ4n) is 2.72. The van der Waals surface area contributed by atoms with E-state index in [1.165, 1.54) is 0 Å². The molecule has 100 valence electrons. The number of nitrogens with one attached hydrogen (secondary N) is 1. The summed E-state index contributed by atoms with van der Waals surface area (Å²) in [5, 5.41) is 12.5. The van der Waals surface area contributed by atoms with Gasteiger partial charge in [0.1, 0.15) is 11.5 Å². The second-order valence-corrected chi connectivity index (χ2v) is 5.21. The third-order valence-electron chi connectivity index (χ3n) is 3.85. The summed E-state index contributed by atoms with van der Waals surface area (Å²) < 4.78 is 5.56. The Morgan fingerprint density at radius 1 is 1.56 bits per heavy atom. The highest BCUT2D eigenvalue weighted by Crippen LogP contribution is 2.31. The van der Waals surface area contributed by atoms with Crippen LogP contribution in [-0.4, -0.2) is 17.6 Å². The largest absolute Gasteiger partial charge is 0.481 e. The van der Waals surface area contributed by atoms with Crippen LogP contribution in [0, 0.1) is 18.8 Å². The van der Waals surface area contributed by atoms with Crippen LogP contribution in [0.2, 0.25) is 0 Å². The molecular weight excluding hydrogens is 230 g/mol. The Kier molecular flexibility index (Phi) is 4.07. The molecule has 2 N–H and O–H groups in total. The van der Waals surface area contributed by atoms with E-state index in [2.05, 4.69) is 5.32 Å². The Labute approximate surface area is 107 Å². The number of furan rings is 1. The van der Waals surface area contributed by atoms with E-state index in [0.717, 1.165) is 37.3 Å². The first-order chi connectivity index (χ1) is 8.58. The predicted molar refractivity (Wildman–Crippen MR) is 68.3 cm³/mol. The predicted octanol–water partition coefficient (Wildman–Crippen LogP) is 2.74. The van der Waals surface area contributed by atoms with Crippen LogP contribution < -0.4 is 5.32 Å². The van der Waals surface area contributed by atoms with Gasteiger partial charge in [0.2, 0.25) is 0 Å². The van der Waals surface area contributed by atoms with Crippen molar-refractivity contribution < 1.29 is 14.3 Å². The van der Waals surface area contributed by atoms with Gasteiger partial charge in [-0.05, 0) is 51.3 Å². The maximum Gasteiger partial charge on any atom is 0.306 e. The number of carboxylic acids is 1. The maximum atomic E-state index is 11.1. The summed E-state index contributed by atoms with van der Waals surface area (Å²) in [4.78, 5) is 11.1. The number of carboxylic acid groups (broad SMARTS) is 1. The molecule has 4 nitrogen and oxygen atoms in total. The lowest BCUT2D eigenvalue weighted by atomic mass is 9.96. The Morgan fingerprint density at radius 2 is 2.33 bits per heavy atom. The van der Waals surface area contributed by atoms with Crippen molar-refractivity contribution in [3.63, 3.8) is 0 Å². The molecule has 0 bridgehead atoms. The molecule has 0 radical (unpaired) electrons. The van der Waals surface area contributed by atoms with Crippen LogP contribution in [0.25, 0.3) is 0 Å². The van der Waals surface area contributed by atoms with E-state index in [-0.39, 0.29) is 17.9 Å². The minimum Gasteiger partial charge on any atom is -0.481 e. The number of carbonyl (C=O) groups is 1. The second kappa shape index (κ2) is 5.57. The first-order valence-electron chi connectivity index (χ1n) is 6.60. The smallest absolute Gasteiger partial charge is 0.306 e. The first-order valence-corrected chi connectivity index (χ1v) is 6.60. The molecule has 1 saturated carbocycles. The SMILES string of the molecule is Cc1ccc(C(C)NCC2CCCC2C(=O)O)o1. The Bertz CT molecular complexity index is 413. The standard InChI is InChI=1S/C14H21NO3/c1-9-6-7-13(18-9)10(2)15-8-11-4-3-5-12(11)14(16)17/h6-7,10-12,15H,3-5,8H2,1-2H3,(H,16,17). The normalized spacial score (nSPS) is 25.2. The van der Waals surface area contributed by atoms with E-state index in [1.807, 2.05) is 26.0 Å². The monoisotopic (exact) mass is 251 g/mol. The van der Waals surface area contributed by atoms with Crippen molar-refractivity contribution >= 4 is 5.97 Å². The Balaban J connectivity index is 1.86. The second-order valence-electron chi connectivity index (χ2n) is 5.21. The van der Waals surface area contributed by atoms with E-state index in [4.69, 9.17) is 9.52 Å². The Morgan fingerprint density at radius 3 is 2.94 bits per heavy atom. The van der Waals surface area contributed by atoms with Crippen molar-refractivity contribution in [1.82, 2.24) is 5.32 Å². The fraction of sp³-hybridized carbons (Fsp3) is 0.643. The molecular formula is C14H21NO3. The average molecular weight is 251 g/mol. The summed E-state index contributed by atoms with van der Waals surface area (Å²) in [6.45, 7) is 4.72. The zero-order valence-corrected chi connectivity index (χ0v) is 11.0. The zero-order chi connectivity index (χ0) is 13.1. The molecule has 1 aliphatic rings. The highest BCUT2D eigenvalue weighted by atomic mass is 16.4. The summed E-state index contributed by atoms with van der Waals surface area (Å²) in [6.07, 6.45) is 2.85. The van der Waals surface area contributed by atoms with Crippen molar-refractivity contribution in [3.05, 3.63) is 23.7 Å². The van der Waals surface area contributed by atoms with E-state index < -0.39 is 5.97 Å². The summed E-state index contributed by atoms with van der Waals surface area (Å²) >= 11 is 0. The van der Waals surface area contributed by atoms with Crippen LogP contribution in [0.1, 0.15) is 43.7 Å². The van der Waals surface area contributed by atoms with Gasteiger partial charge in [0.25, 0.3) is 0 Å².